The third-order valence-electron chi connectivity index (χ3n) is 4.50. The number of para-hydroxylation sites is 1. The summed E-state index contributed by atoms with van der Waals surface area (Å²) in [5.74, 6) is -1.40. The summed E-state index contributed by atoms with van der Waals surface area (Å²) in [7, 11) is 1.84. The molecule has 0 saturated carbocycles. The molecule has 4 rings (SSSR count). The first-order chi connectivity index (χ1) is 14.4. The average molecular weight is 425 g/mol. The van der Waals surface area contributed by atoms with E-state index in [4.69, 9.17) is 0 Å². The summed E-state index contributed by atoms with van der Waals surface area (Å²) in [6.45, 7) is 1.67. The monoisotopic (exact) mass is 425 g/mol. The largest absolute Gasteiger partial charge is 0.329 e. The molecule has 0 atom stereocenters. The number of halogens is 2. The Morgan fingerprint density at radius 1 is 1.17 bits per heavy atom. The minimum atomic E-state index is -0.478. The second-order valence-corrected chi connectivity index (χ2v) is 7.53. The molecule has 2 aromatic heterocycles. The Labute approximate surface area is 175 Å². The van der Waals surface area contributed by atoms with Crippen molar-refractivity contribution in [2.24, 2.45) is 7.05 Å². The van der Waals surface area contributed by atoms with Crippen molar-refractivity contribution < 1.29 is 13.6 Å². The topological polar surface area (TPSA) is 64.7 Å². The van der Waals surface area contributed by atoms with Crippen molar-refractivity contribution in [3.05, 3.63) is 83.9 Å². The number of aryl methyl sites for hydroxylation is 1. The Morgan fingerprint density at radius 2 is 1.97 bits per heavy atom. The first kappa shape index (κ1) is 19.8. The summed E-state index contributed by atoms with van der Waals surface area (Å²) in [5.41, 5.74) is 1.28. The van der Waals surface area contributed by atoms with Crippen molar-refractivity contribution in [1.29, 1.82) is 0 Å². The van der Waals surface area contributed by atoms with Crippen molar-refractivity contribution in [2.75, 3.05) is 5.32 Å². The third-order valence-corrected chi connectivity index (χ3v) is 5.65. The lowest BCUT2D eigenvalue weighted by atomic mass is 10.2. The lowest BCUT2D eigenvalue weighted by molar-refractivity contribution is 0.102. The molecule has 1 amide bonds. The lowest BCUT2D eigenvalue weighted by Crippen LogP contribution is -2.14. The molecule has 0 aliphatic heterocycles. The number of rotatable bonds is 5. The Kier molecular flexibility index (Phi) is 5.37. The van der Waals surface area contributed by atoms with Gasteiger partial charge in [0.05, 0.1) is 23.1 Å². The molecule has 6 nitrogen and oxygen atoms in total. The van der Waals surface area contributed by atoms with Crippen LogP contribution in [0.15, 0.2) is 71.1 Å². The number of carbonyl (C=O) groups is 1. The van der Waals surface area contributed by atoms with Crippen LogP contribution in [0, 0.1) is 18.6 Å². The Morgan fingerprint density at radius 3 is 2.70 bits per heavy atom. The zero-order chi connectivity index (χ0) is 21.3. The Bertz CT molecular complexity index is 1230. The van der Waals surface area contributed by atoms with Crippen LogP contribution in [0.3, 0.4) is 0 Å². The molecule has 0 aliphatic rings. The number of hydrogen-bond donors (Lipinski definition) is 1. The maximum Gasteiger partial charge on any atom is 0.259 e. The van der Waals surface area contributed by atoms with Gasteiger partial charge >= 0.3 is 0 Å². The van der Waals surface area contributed by atoms with Gasteiger partial charge in [-0.05, 0) is 49.0 Å². The predicted molar refractivity (Wildman–Crippen MR) is 110 cm³/mol. The molecule has 152 valence electrons. The lowest BCUT2D eigenvalue weighted by Gasteiger charge is -2.11. The molecular weight excluding hydrogens is 408 g/mol. The first-order valence-corrected chi connectivity index (χ1v) is 9.81. The van der Waals surface area contributed by atoms with E-state index in [1.54, 1.807) is 43.6 Å². The van der Waals surface area contributed by atoms with Gasteiger partial charge in [-0.2, -0.15) is 5.10 Å². The van der Waals surface area contributed by atoms with Gasteiger partial charge in [0.15, 0.2) is 5.16 Å². The van der Waals surface area contributed by atoms with E-state index in [-0.39, 0.29) is 11.3 Å². The fraction of sp³-hybridized carbons (Fsp3) is 0.0952. The summed E-state index contributed by atoms with van der Waals surface area (Å²) < 4.78 is 31.2. The average Bonchev–Trinajstić information content (AvgIpc) is 3.30. The van der Waals surface area contributed by atoms with Gasteiger partial charge in [0.1, 0.15) is 17.3 Å². The van der Waals surface area contributed by atoms with E-state index >= 15 is 0 Å². The summed E-state index contributed by atoms with van der Waals surface area (Å²) >= 11 is 1.30. The molecule has 0 fully saturated rings. The van der Waals surface area contributed by atoms with Crippen LogP contribution in [0.4, 0.5) is 14.5 Å². The van der Waals surface area contributed by atoms with Crippen LogP contribution in [-0.2, 0) is 7.05 Å². The standard InChI is InChI=1S/C21H17F2N5OS/c1-13-15(12-25-28(13)18-6-4-3-5-16(18)23)20(29)26-17-11-14(22)7-8-19(17)30-21-24-9-10-27(21)2/h3-12H,1-2H3,(H,26,29). The molecule has 0 radical (unpaired) electrons. The molecule has 0 saturated heterocycles. The molecule has 0 spiro atoms. The van der Waals surface area contributed by atoms with Crippen molar-refractivity contribution in [3.8, 4) is 5.69 Å². The van der Waals surface area contributed by atoms with Crippen molar-refractivity contribution in [2.45, 2.75) is 17.0 Å². The molecular formula is C21H17F2N5OS. The number of nitrogens with zero attached hydrogens (tertiary/aromatic N) is 4. The van der Waals surface area contributed by atoms with Gasteiger partial charge < -0.3 is 9.88 Å². The van der Waals surface area contributed by atoms with Crippen LogP contribution in [0.5, 0.6) is 0 Å². The summed E-state index contributed by atoms with van der Waals surface area (Å²) in [6.07, 6.45) is 4.82. The maximum atomic E-state index is 14.1. The second kappa shape index (κ2) is 8.11. The molecule has 0 aliphatic carbocycles. The molecule has 2 heterocycles. The zero-order valence-corrected chi connectivity index (χ0v) is 17.0. The van der Waals surface area contributed by atoms with Crippen LogP contribution in [0.1, 0.15) is 16.1 Å². The highest BCUT2D eigenvalue weighted by Gasteiger charge is 2.19. The highest BCUT2D eigenvalue weighted by Crippen LogP contribution is 2.33. The summed E-state index contributed by atoms with van der Waals surface area (Å²) in [6, 6.07) is 10.3. The van der Waals surface area contributed by atoms with Gasteiger partial charge in [0.25, 0.3) is 5.91 Å². The van der Waals surface area contributed by atoms with Crippen LogP contribution in [0.2, 0.25) is 0 Å². The number of hydrogen-bond acceptors (Lipinski definition) is 4. The van der Waals surface area contributed by atoms with E-state index in [1.165, 1.54) is 40.8 Å². The summed E-state index contributed by atoms with van der Waals surface area (Å²) in [5, 5.41) is 7.58. The number of aromatic nitrogens is 4. The van der Waals surface area contributed by atoms with Crippen molar-refractivity contribution in [1.82, 2.24) is 19.3 Å². The van der Waals surface area contributed by atoms with Crippen LogP contribution >= 0.6 is 11.8 Å². The minimum absolute atomic E-state index is 0.242. The van der Waals surface area contributed by atoms with Crippen molar-refractivity contribution in [3.63, 3.8) is 0 Å². The van der Waals surface area contributed by atoms with Crippen LogP contribution < -0.4 is 5.32 Å². The van der Waals surface area contributed by atoms with Gasteiger partial charge in [0.2, 0.25) is 0 Å². The van der Waals surface area contributed by atoms with Gasteiger partial charge in [-0.25, -0.2) is 18.4 Å². The molecule has 4 aromatic rings. The zero-order valence-electron chi connectivity index (χ0n) is 16.1. The van der Waals surface area contributed by atoms with E-state index in [0.29, 0.717) is 21.4 Å². The summed E-state index contributed by atoms with van der Waals surface area (Å²) in [4.78, 5) is 17.8. The molecule has 9 heteroatoms. The SMILES string of the molecule is Cc1c(C(=O)Nc2cc(F)ccc2Sc2nccn2C)cnn1-c1ccccc1F. The molecule has 2 aromatic carbocycles. The predicted octanol–water partition coefficient (Wildman–Crippen LogP) is 4.60. The van der Waals surface area contributed by atoms with Gasteiger partial charge in [-0.3, -0.25) is 4.79 Å². The maximum absolute atomic E-state index is 14.1. The molecule has 0 unspecified atom stereocenters. The second-order valence-electron chi connectivity index (χ2n) is 6.52. The number of imidazole rings is 1. The number of benzene rings is 2. The highest BCUT2D eigenvalue weighted by molar-refractivity contribution is 7.99. The quantitative estimate of drug-likeness (QED) is 0.508. The normalized spacial score (nSPS) is 10.9. The number of nitrogens with one attached hydrogen (secondary N) is 1. The minimum Gasteiger partial charge on any atom is -0.329 e. The smallest absolute Gasteiger partial charge is 0.259 e. The number of anilines is 1. The van der Waals surface area contributed by atoms with Crippen molar-refractivity contribution >= 4 is 23.4 Å². The third kappa shape index (κ3) is 3.84. The van der Waals surface area contributed by atoms with E-state index < -0.39 is 17.5 Å². The van der Waals surface area contributed by atoms with Crippen LogP contribution in [0.25, 0.3) is 5.69 Å². The molecule has 1 N–H and O–H groups in total. The van der Waals surface area contributed by atoms with Gasteiger partial charge in [0, 0.05) is 24.3 Å². The Hall–Kier alpha value is -3.46. The van der Waals surface area contributed by atoms with E-state index in [2.05, 4.69) is 15.4 Å². The first-order valence-electron chi connectivity index (χ1n) is 8.99. The van der Waals surface area contributed by atoms with Gasteiger partial charge in [-0.1, -0.05) is 12.1 Å². The number of amides is 1. The fourth-order valence-corrected chi connectivity index (χ4v) is 3.80. The van der Waals surface area contributed by atoms with E-state index in [1.807, 2.05) is 11.6 Å². The van der Waals surface area contributed by atoms with Crippen LogP contribution in [-0.4, -0.2) is 25.2 Å². The van der Waals surface area contributed by atoms with E-state index in [9.17, 15) is 13.6 Å². The molecule has 30 heavy (non-hydrogen) atoms. The fourth-order valence-electron chi connectivity index (χ4n) is 2.93. The van der Waals surface area contributed by atoms with Gasteiger partial charge in [-0.15, -0.1) is 0 Å². The Balaban J connectivity index is 1.63. The highest BCUT2D eigenvalue weighted by atomic mass is 32.2. The molecule has 0 bridgehead atoms. The number of carbonyl (C=O) groups excluding carboxylic acids is 1. The van der Waals surface area contributed by atoms with E-state index in [0.717, 1.165) is 0 Å².